The second kappa shape index (κ2) is 7.63. The van der Waals surface area contributed by atoms with Gasteiger partial charge in [-0.05, 0) is 42.9 Å². The number of benzene rings is 1. The Labute approximate surface area is 179 Å². The summed E-state index contributed by atoms with van der Waals surface area (Å²) < 4.78 is 17.2. The molecule has 0 bridgehead atoms. The molecular weight excluding hydrogens is 395 g/mol. The Balaban J connectivity index is 1.45. The number of pyridine rings is 1. The van der Waals surface area contributed by atoms with Crippen LogP contribution in [0.25, 0.3) is 16.6 Å². The maximum atomic E-state index is 13.6. The van der Waals surface area contributed by atoms with E-state index < -0.39 is 0 Å². The smallest absolute Gasteiger partial charge is 0.270 e. The maximum Gasteiger partial charge on any atom is 0.270 e. The molecule has 5 rings (SSSR count). The Morgan fingerprint density at radius 1 is 1.06 bits per heavy atom. The first kappa shape index (κ1) is 19.4. The van der Waals surface area contributed by atoms with Gasteiger partial charge in [0.15, 0.2) is 0 Å². The van der Waals surface area contributed by atoms with E-state index in [4.69, 9.17) is 0 Å². The molecule has 0 saturated carbocycles. The molecule has 1 amide bonds. The first-order chi connectivity index (χ1) is 15.0. The molecule has 31 heavy (non-hydrogen) atoms. The average molecular weight is 418 g/mol. The molecule has 1 atom stereocenters. The molecular formula is C23H23FN6O. The molecule has 1 saturated heterocycles. The van der Waals surface area contributed by atoms with Crippen LogP contribution in [0.15, 0.2) is 60.9 Å². The maximum absolute atomic E-state index is 13.6. The van der Waals surface area contributed by atoms with Gasteiger partial charge in [-0.25, -0.2) is 8.91 Å². The van der Waals surface area contributed by atoms with Crippen LogP contribution in [0.4, 0.5) is 4.39 Å². The van der Waals surface area contributed by atoms with Crippen molar-refractivity contribution in [3.8, 4) is 11.1 Å². The summed E-state index contributed by atoms with van der Waals surface area (Å²) in [5, 5.41) is 8.76. The van der Waals surface area contributed by atoms with Crippen molar-refractivity contribution >= 4 is 11.4 Å². The third kappa shape index (κ3) is 3.48. The van der Waals surface area contributed by atoms with Gasteiger partial charge in [-0.15, -0.1) is 5.10 Å². The highest BCUT2D eigenvalue weighted by molar-refractivity contribution is 5.92. The number of hydrogen-bond acceptors (Lipinski definition) is 4. The molecule has 7 nitrogen and oxygen atoms in total. The lowest BCUT2D eigenvalue weighted by Crippen LogP contribution is -2.49. The highest BCUT2D eigenvalue weighted by Crippen LogP contribution is 2.28. The number of aromatic nitrogens is 4. The fourth-order valence-corrected chi connectivity index (χ4v) is 4.19. The molecule has 0 N–H and O–H groups in total. The predicted molar refractivity (Wildman–Crippen MR) is 115 cm³/mol. The van der Waals surface area contributed by atoms with E-state index in [0.717, 1.165) is 28.9 Å². The lowest BCUT2D eigenvalue weighted by Gasteiger charge is -2.38. The highest BCUT2D eigenvalue weighted by Gasteiger charge is 2.32. The summed E-state index contributed by atoms with van der Waals surface area (Å²) in [5.41, 5.74) is 4.03. The van der Waals surface area contributed by atoms with Crippen LogP contribution < -0.4 is 0 Å². The quantitative estimate of drug-likeness (QED) is 0.513. The first-order valence-electron chi connectivity index (χ1n) is 10.2. The molecule has 1 fully saturated rings. The zero-order valence-electron chi connectivity index (χ0n) is 17.4. The fraction of sp³-hybridized carbons (Fsp3) is 0.261. The van der Waals surface area contributed by atoms with Crippen molar-refractivity contribution in [1.82, 2.24) is 29.2 Å². The van der Waals surface area contributed by atoms with Crippen molar-refractivity contribution in [2.24, 2.45) is 7.05 Å². The number of piperazine rings is 1. The van der Waals surface area contributed by atoms with Crippen LogP contribution in [0, 0.1) is 5.82 Å². The largest absolute Gasteiger partial charge is 0.347 e. The van der Waals surface area contributed by atoms with Crippen molar-refractivity contribution in [3.05, 3.63) is 78.1 Å². The minimum absolute atomic E-state index is 0.0236. The van der Waals surface area contributed by atoms with E-state index in [1.165, 1.54) is 12.1 Å². The molecule has 0 unspecified atom stereocenters. The molecule has 3 aromatic heterocycles. The van der Waals surface area contributed by atoms with Gasteiger partial charge in [-0.2, -0.15) is 0 Å². The van der Waals surface area contributed by atoms with Crippen LogP contribution in [0.2, 0.25) is 0 Å². The summed E-state index contributed by atoms with van der Waals surface area (Å²) in [6.45, 7) is 1.96. The van der Waals surface area contributed by atoms with Crippen LogP contribution >= 0.6 is 0 Å². The van der Waals surface area contributed by atoms with Crippen molar-refractivity contribution in [1.29, 1.82) is 0 Å². The van der Waals surface area contributed by atoms with E-state index in [0.29, 0.717) is 18.8 Å². The number of carbonyl (C=O) groups excluding carboxylic acids is 1. The number of fused-ring (bicyclic) bond motifs is 1. The van der Waals surface area contributed by atoms with Gasteiger partial charge >= 0.3 is 0 Å². The zero-order valence-corrected chi connectivity index (χ0v) is 17.4. The summed E-state index contributed by atoms with van der Waals surface area (Å²) in [4.78, 5) is 17.1. The van der Waals surface area contributed by atoms with Gasteiger partial charge in [-0.1, -0.05) is 23.4 Å². The van der Waals surface area contributed by atoms with Crippen molar-refractivity contribution in [2.75, 3.05) is 26.7 Å². The standard InChI is InChI=1S/C23H23FN6O/c1-27-10-4-7-20(27)23(31)29-12-11-28(2)21(15-29)22-19-9-8-17(14-30(19)26-25-22)16-5-3-6-18(24)13-16/h3-10,13-14,21H,11-12,15H2,1-2H3/t21-/m1/s1. The summed E-state index contributed by atoms with van der Waals surface area (Å²) in [5.74, 6) is -0.251. The van der Waals surface area contributed by atoms with Crippen molar-refractivity contribution in [3.63, 3.8) is 0 Å². The Hall–Kier alpha value is -3.52. The monoisotopic (exact) mass is 418 g/mol. The Kier molecular flexibility index (Phi) is 4.78. The van der Waals surface area contributed by atoms with E-state index >= 15 is 0 Å². The summed E-state index contributed by atoms with van der Waals surface area (Å²) in [7, 11) is 3.92. The third-order valence-electron chi connectivity index (χ3n) is 6.01. The number of amides is 1. The van der Waals surface area contributed by atoms with Gasteiger partial charge in [0.05, 0.1) is 11.6 Å². The lowest BCUT2D eigenvalue weighted by molar-refractivity contribution is 0.0533. The van der Waals surface area contributed by atoms with Crippen LogP contribution in [-0.4, -0.2) is 61.8 Å². The van der Waals surface area contributed by atoms with Gasteiger partial charge in [-0.3, -0.25) is 9.69 Å². The van der Waals surface area contributed by atoms with Gasteiger partial charge in [0.2, 0.25) is 0 Å². The zero-order chi connectivity index (χ0) is 21.5. The predicted octanol–water partition coefficient (Wildman–Crippen LogP) is 3.00. The number of nitrogens with zero attached hydrogens (tertiary/aromatic N) is 6. The average Bonchev–Trinajstić information content (AvgIpc) is 3.39. The Morgan fingerprint density at radius 2 is 1.94 bits per heavy atom. The van der Waals surface area contributed by atoms with Gasteiger partial charge < -0.3 is 9.47 Å². The summed E-state index contributed by atoms with van der Waals surface area (Å²) in [6.07, 6.45) is 3.74. The SMILES string of the molecule is CN1CCN(C(=O)c2cccn2C)C[C@@H]1c1nnn2cc(-c3cccc(F)c3)ccc12. The number of halogens is 1. The molecule has 4 heterocycles. The van der Waals surface area contributed by atoms with Gasteiger partial charge in [0.25, 0.3) is 5.91 Å². The van der Waals surface area contributed by atoms with Crippen molar-refractivity contribution < 1.29 is 9.18 Å². The molecule has 0 aliphatic carbocycles. The molecule has 158 valence electrons. The van der Waals surface area contributed by atoms with E-state index in [1.807, 2.05) is 66.3 Å². The topological polar surface area (TPSA) is 58.7 Å². The molecule has 4 aromatic rings. The van der Waals surface area contributed by atoms with E-state index in [-0.39, 0.29) is 17.8 Å². The van der Waals surface area contributed by atoms with Crippen LogP contribution in [0.1, 0.15) is 22.2 Å². The van der Waals surface area contributed by atoms with E-state index in [1.54, 1.807) is 10.6 Å². The Morgan fingerprint density at radius 3 is 2.71 bits per heavy atom. The number of aryl methyl sites for hydroxylation is 1. The molecule has 1 aliphatic rings. The Bertz CT molecular complexity index is 1260. The van der Waals surface area contributed by atoms with Crippen LogP contribution in [0.3, 0.4) is 0 Å². The lowest BCUT2D eigenvalue weighted by atomic mass is 10.1. The second-order valence-electron chi connectivity index (χ2n) is 7.98. The van der Waals surface area contributed by atoms with Gasteiger partial charge in [0, 0.05) is 44.6 Å². The normalized spacial score (nSPS) is 17.4. The molecule has 1 aliphatic heterocycles. The molecule has 0 radical (unpaired) electrons. The number of carbonyl (C=O) groups is 1. The minimum atomic E-state index is -0.274. The number of rotatable bonds is 3. The fourth-order valence-electron chi connectivity index (χ4n) is 4.19. The number of hydrogen-bond donors (Lipinski definition) is 0. The third-order valence-corrected chi connectivity index (χ3v) is 6.01. The van der Waals surface area contributed by atoms with Crippen LogP contribution in [0.5, 0.6) is 0 Å². The molecule has 0 spiro atoms. The van der Waals surface area contributed by atoms with Crippen molar-refractivity contribution in [2.45, 2.75) is 6.04 Å². The second-order valence-corrected chi connectivity index (χ2v) is 7.98. The summed E-state index contributed by atoms with van der Waals surface area (Å²) in [6, 6.07) is 14.1. The molecule has 8 heteroatoms. The van der Waals surface area contributed by atoms with Gasteiger partial charge in [0.1, 0.15) is 17.2 Å². The first-order valence-corrected chi connectivity index (χ1v) is 10.2. The summed E-state index contributed by atoms with van der Waals surface area (Å²) >= 11 is 0. The van der Waals surface area contributed by atoms with Crippen LogP contribution in [-0.2, 0) is 7.05 Å². The van der Waals surface area contributed by atoms with E-state index in [2.05, 4.69) is 15.2 Å². The molecule has 1 aromatic carbocycles. The number of likely N-dealkylation sites (N-methyl/N-ethyl adjacent to an activating group) is 1. The minimum Gasteiger partial charge on any atom is -0.347 e. The van der Waals surface area contributed by atoms with E-state index in [9.17, 15) is 9.18 Å². The highest BCUT2D eigenvalue weighted by atomic mass is 19.1.